The summed E-state index contributed by atoms with van der Waals surface area (Å²) in [4.78, 5) is 11.1. The quantitative estimate of drug-likeness (QED) is 0.471. The average molecular weight is 212 g/mol. The highest BCUT2D eigenvalue weighted by atomic mass is 19.1. The predicted octanol–water partition coefficient (Wildman–Crippen LogP) is 1.66. The van der Waals surface area contributed by atoms with E-state index >= 15 is 0 Å². The minimum absolute atomic E-state index is 0.194. The molecule has 1 amide bonds. The van der Waals surface area contributed by atoms with Crippen LogP contribution in [0.15, 0.2) is 24.3 Å². The van der Waals surface area contributed by atoms with Gasteiger partial charge in [-0.2, -0.15) is 0 Å². The van der Waals surface area contributed by atoms with Crippen LogP contribution in [-0.2, 0) is 11.3 Å². The van der Waals surface area contributed by atoms with E-state index in [-0.39, 0.29) is 19.0 Å². The Morgan fingerprint density at radius 3 is 2.60 bits per heavy atom. The number of carbonyl (C=O) groups excluding carboxylic acids is 1. The normalized spacial score (nSPS) is 9.80. The summed E-state index contributed by atoms with van der Waals surface area (Å²) in [5.74, 6) is 5.12. The third kappa shape index (κ3) is 3.55. The molecule has 0 spiro atoms. The van der Waals surface area contributed by atoms with Crippen molar-refractivity contribution < 1.29 is 13.9 Å². The first kappa shape index (κ1) is 11.5. The summed E-state index contributed by atoms with van der Waals surface area (Å²) >= 11 is 0. The summed E-state index contributed by atoms with van der Waals surface area (Å²) in [6.07, 6.45) is -0.596. The minimum Gasteiger partial charge on any atom is -0.449 e. The van der Waals surface area contributed by atoms with E-state index in [1.165, 1.54) is 12.1 Å². The van der Waals surface area contributed by atoms with Crippen LogP contribution in [0.1, 0.15) is 12.5 Å². The Kier molecular flexibility index (Phi) is 4.05. The van der Waals surface area contributed by atoms with Crippen LogP contribution in [0, 0.1) is 5.82 Å². The Balaban J connectivity index is 2.54. The fraction of sp³-hybridized carbons (Fsp3) is 0.300. The fourth-order valence-corrected chi connectivity index (χ4v) is 1.06. The van der Waals surface area contributed by atoms with Gasteiger partial charge in [-0.1, -0.05) is 12.1 Å². The zero-order valence-corrected chi connectivity index (χ0v) is 8.44. The predicted molar refractivity (Wildman–Crippen MR) is 53.2 cm³/mol. The molecule has 0 bridgehead atoms. The van der Waals surface area contributed by atoms with Gasteiger partial charge in [0.25, 0.3) is 0 Å². The lowest BCUT2D eigenvalue weighted by Gasteiger charge is -2.15. The van der Waals surface area contributed by atoms with E-state index in [0.717, 1.165) is 10.6 Å². The molecule has 82 valence electrons. The SMILES string of the molecule is CCOC(=O)N(N)Cc1ccc(F)cc1. The van der Waals surface area contributed by atoms with Crippen molar-refractivity contribution in [3.63, 3.8) is 0 Å². The molecule has 1 rings (SSSR count). The number of hydrogen-bond acceptors (Lipinski definition) is 3. The number of amides is 1. The lowest BCUT2D eigenvalue weighted by Crippen LogP contribution is -2.37. The molecule has 0 aromatic heterocycles. The second-order valence-electron chi connectivity index (χ2n) is 2.95. The second-order valence-corrected chi connectivity index (χ2v) is 2.95. The molecule has 2 N–H and O–H groups in total. The molecule has 0 saturated heterocycles. The molecule has 1 aromatic carbocycles. The van der Waals surface area contributed by atoms with Crippen LogP contribution >= 0.6 is 0 Å². The molecule has 0 aliphatic rings. The van der Waals surface area contributed by atoms with E-state index in [4.69, 9.17) is 5.84 Å². The van der Waals surface area contributed by atoms with Crippen molar-refractivity contribution in [1.82, 2.24) is 5.01 Å². The van der Waals surface area contributed by atoms with Gasteiger partial charge in [-0.15, -0.1) is 0 Å². The van der Waals surface area contributed by atoms with Gasteiger partial charge >= 0.3 is 6.09 Å². The molecule has 0 atom stereocenters. The first-order valence-corrected chi connectivity index (χ1v) is 4.57. The number of hydrogen-bond donors (Lipinski definition) is 1. The van der Waals surface area contributed by atoms with E-state index in [2.05, 4.69) is 4.74 Å². The highest BCUT2D eigenvalue weighted by molar-refractivity contribution is 5.66. The van der Waals surface area contributed by atoms with Crippen molar-refractivity contribution in [2.45, 2.75) is 13.5 Å². The summed E-state index contributed by atoms with van der Waals surface area (Å²) in [6, 6.07) is 5.76. The second kappa shape index (κ2) is 5.31. The first-order chi connectivity index (χ1) is 7.13. The molecule has 0 saturated carbocycles. The lowest BCUT2D eigenvalue weighted by atomic mass is 10.2. The molecule has 0 aliphatic carbocycles. The highest BCUT2D eigenvalue weighted by Gasteiger charge is 2.09. The molecule has 0 unspecified atom stereocenters. The van der Waals surface area contributed by atoms with Crippen LogP contribution in [0.5, 0.6) is 0 Å². The lowest BCUT2D eigenvalue weighted by molar-refractivity contribution is 0.105. The monoisotopic (exact) mass is 212 g/mol. The van der Waals surface area contributed by atoms with E-state index in [1.54, 1.807) is 19.1 Å². The highest BCUT2D eigenvalue weighted by Crippen LogP contribution is 2.05. The number of rotatable bonds is 3. The van der Waals surface area contributed by atoms with E-state index < -0.39 is 6.09 Å². The minimum atomic E-state index is -0.596. The number of hydrazine groups is 1. The maximum Gasteiger partial charge on any atom is 0.424 e. The number of nitrogens with zero attached hydrogens (tertiary/aromatic N) is 1. The van der Waals surface area contributed by atoms with Crippen molar-refractivity contribution in [3.8, 4) is 0 Å². The van der Waals surface area contributed by atoms with Crippen molar-refractivity contribution in [1.29, 1.82) is 0 Å². The topological polar surface area (TPSA) is 55.6 Å². The number of carbonyl (C=O) groups is 1. The molecule has 0 fully saturated rings. The number of nitrogens with two attached hydrogens (primary N) is 1. The summed E-state index contributed by atoms with van der Waals surface area (Å²) < 4.78 is 17.3. The van der Waals surface area contributed by atoms with Gasteiger partial charge < -0.3 is 4.74 Å². The van der Waals surface area contributed by atoms with Crippen LogP contribution in [0.3, 0.4) is 0 Å². The average Bonchev–Trinajstić information content (AvgIpc) is 2.22. The Bertz CT molecular complexity index is 327. The van der Waals surface area contributed by atoms with Crippen LogP contribution in [-0.4, -0.2) is 17.7 Å². The summed E-state index contributed by atoms with van der Waals surface area (Å²) in [5, 5.41) is 0.941. The number of benzene rings is 1. The Hall–Kier alpha value is -1.62. The van der Waals surface area contributed by atoms with E-state index in [0.29, 0.717) is 0 Å². The molecule has 4 nitrogen and oxygen atoms in total. The standard InChI is InChI=1S/C10H13FN2O2/c1-2-15-10(14)13(12)7-8-3-5-9(11)6-4-8/h3-6H,2,7,12H2,1H3. The van der Waals surface area contributed by atoms with Gasteiger partial charge in [0.15, 0.2) is 0 Å². The van der Waals surface area contributed by atoms with Gasteiger partial charge in [-0.25, -0.2) is 20.0 Å². The Morgan fingerprint density at radius 2 is 2.07 bits per heavy atom. The maximum absolute atomic E-state index is 12.6. The smallest absolute Gasteiger partial charge is 0.424 e. The molecular formula is C10H13FN2O2. The third-order valence-corrected chi connectivity index (χ3v) is 1.77. The van der Waals surface area contributed by atoms with Crippen LogP contribution in [0.4, 0.5) is 9.18 Å². The summed E-state index contributed by atoms with van der Waals surface area (Å²) in [6.45, 7) is 2.17. The molecular weight excluding hydrogens is 199 g/mol. The zero-order valence-electron chi connectivity index (χ0n) is 8.44. The summed E-state index contributed by atoms with van der Waals surface area (Å²) in [7, 11) is 0. The van der Waals surface area contributed by atoms with Crippen LogP contribution in [0.2, 0.25) is 0 Å². The summed E-state index contributed by atoms with van der Waals surface area (Å²) in [5.41, 5.74) is 0.743. The van der Waals surface area contributed by atoms with Crippen LogP contribution < -0.4 is 5.84 Å². The van der Waals surface area contributed by atoms with Gasteiger partial charge in [0, 0.05) is 0 Å². The Morgan fingerprint density at radius 1 is 1.47 bits per heavy atom. The van der Waals surface area contributed by atoms with E-state index in [9.17, 15) is 9.18 Å². The Labute approximate surface area is 87.4 Å². The maximum atomic E-state index is 12.6. The largest absolute Gasteiger partial charge is 0.449 e. The van der Waals surface area contributed by atoms with Gasteiger partial charge in [0.05, 0.1) is 13.2 Å². The molecule has 0 aliphatic heterocycles. The molecule has 1 aromatic rings. The molecule has 0 heterocycles. The van der Waals surface area contributed by atoms with Gasteiger partial charge in [-0.3, -0.25) is 0 Å². The number of ether oxygens (including phenoxy) is 1. The first-order valence-electron chi connectivity index (χ1n) is 4.57. The van der Waals surface area contributed by atoms with Gasteiger partial charge in [0.1, 0.15) is 5.82 Å². The van der Waals surface area contributed by atoms with Crippen LogP contribution in [0.25, 0.3) is 0 Å². The third-order valence-electron chi connectivity index (χ3n) is 1.77. The van der Waals surface area contributed by atoms with E-state index in [1.807, 2.05) is 0 Å². The van der Waals surface area contributed by atoms with Gasteiger partial charge in [-0.05, 0) is 24.6 Å². The van der Waals surface area contributed by atoms with Crippen molar-refractivity contribution in [2.24, 2.45) is 5.84 Å². The van der Waals surface area contributed by atoms with Crippen molar-refractivity contribution in [2.75, 3.05) is 6.61 Å². The molecule has 15 heavy (non-hydrogen) atoms. The van der Waals surface area contributed by atoms with Gasteiger partial charge in [0.2, 0.25) is 0 Å². The molecule has 0 radical (unpaired) electrons. The zero-order chi connectivity index (χ0) is 11.3. The number of halogens is 1. The van der Waals surface area contributed by atoms with Crippen molar-refractivity contribution in [3.05, 3.63) is 35.6 Å². The van der Waals surface area contributed by atoms with Crippen molar-refractivity contribution >= 4 is 6.09 Å². The fourth-order valence-electron chi connectivity index (χ4n) is 1.06. The molecule has 5 heteroatoms.